The number of hydroxylamine groups is 1. The van der Waals surface area contributed by atoms with Crippen molar-refractivity contribution in [3.8, 4) is 5.75 Å². The summed E-state index contributed by atoms with van der Waals surface area (Å²) in [6, 6.07) is 2.68. The molecule has 0 aliphatic carbocycles. The number of hydrogen-bond donors (Lipinski definition) is 2. The summed E-state index contributed by atoms with van der Waals surface area (Å²) in [5.74, 6) is -0.255. The number of phenols is 1. The molecule has 0 fully saturated rings. The molecule has 0 saturated heterocycles. The van der Waals surface area contributed by atoms with Crippen molar-refractivity contribution in [2.75, 3.05) is 7.11 Å². The molecule has 0 bridgehead atoms. The van der Waals surface area contributed by atoms with Crippen LogP contribution in [0.2, 0.25) is 0 Å². The van der Waals surface area contributed by atoms with Crippen molar-refractivity contribution in [3.63, 3.8) is 0 Å². The van der Waals surface area contributed by atoms with Crippen molar-refractivity contribution in [1.82, 2.24) is 5.48 Å². The molecule has 0 radical (unpaired) electrons. The van der Waals surface area contributed by atoms with Crippen molar-refractivity contribution in [2.24, 2.45) is 0 Å². The molecule has 1 aromatic rings. The molecule has 0 atom stereocenters. The van der Waals surface area contributed by atoms with Crippen LogP contribution in [0.5, 0.6) is 5.75 Å². The zero-order valence-corrected chi connectivity index (χ0v) is 7.60. The molecule has 72 valence electrons. The molecule has 2 N–H and O–H groups in total. The van der Waals surface area contributed by atoms with Crippen LogP contribution in [0.4, 0.5) is 4.39 Å². The predicted molar refractivity (Wildman–Crippen MR) is 46.7 cm³/mol. The Labute approximate surface area is 76.1 Å². The molecule has 0 amide bonds. The van der Waals surface area contributed by atoms with Gasteiger partial charge in [0.05, 0.1) is 7.11 Å². The fourth-order valence-corrected chi connectivity index (χ4v) is 0.999. The first-order valence-electron chi connectivity index (χ1n) is 3.89. The van der Waals surface area contributed by atoms with Crippen molar-refractivity contribution in [2.45, 2.75) is 13.5 Å². The van der Waals surface area contributed by atoms with Gasteiger partial charge in [-0.1, -0.05) is 0 Å². The summed E-state index contributed by atoms with van der Waals surface area (Å²) in [6.07, 6.45) is 0. The van der Waals surface area contributed by atoms with E-state index in [1.165, 1.54) is 19.2 Å². The Balaban J connectivity index is 2.88. The van der Waals surface area contributed by atoms with Crippen molar-refractivity contribution < 1.29 is 14.3 Å². The van der Waals surface area contributed by atoms with Gasteiger partial charge >= 0.3 is 0 Å². The third kappa shape index (κ3) is 2.40. The molecule has 1 aromatic carbocycles. The van der Waals surface area contributed by atoms with Gasteiger partial charge in [0, 0.05) is 12.1 Å². The monoisotopic (exact) mass is 185 g/mol. The number of halogens is 1. The molecule has 13 heavy (non-hydrogen) atoms. The summed E-state index contributed by atoms with van der Waals surface area (Å²) in [7, 11) is 1.46. The Kier molecular flexibility index (Phi) is 3.22. The van der Waals surface area contributed by atoms with Crippen molar-refractivity contribution in [1.29, 1.82) is 0 Å². The second kappa shape index (κ2) is 4.20. The van der Waals surface area contributed by atoms with Crippen LogP contribution in [0.3, 0.4) is 0 Å². The first-order chi connectivity index (χ1) is 6.15. The number of nitrogens with one attached hydrogen (secondary N) is 1. The first-order valence-corrected chi connectivity index (χ1v) is 3.89. The van der Waals surface area contributed by atoms with Gasteiger partial charge in [0.2, 0.25) is 0 Å². The molecule has 1 rings (SSSR count). The Hall–Kier alpha value is -1.13. The zero-order valence-electron chi connectivity index (χ0n) is 7.60. The SMILES string of the molecule is CONCc1cc(F)c(C)cc1O. The maximum absolute atomic E-state index is 13.0. The van der Waals surface area contributed by atoms with E-state index in [-0.39, 0.29) is 18.1 Å². The topological polar surface area (TPSA) is 41.5 Å². The predicted octanol–water partition coefficient (Wildman–Crippen LogP) is 1.49. The number of aryl methyl sites for hydroxylation is 1. The lowest BCUT2D eigenvalue weighted by molar-refractivity contribution is 0.0861. The summed E-state index contributed by atoms with van der Waals surface area (Å²) in [5, 5.41) is 9.38. The lowest BCUT2D eigenvalue weighted by Gasteiger charge is -2.06. The minimum Gasteiger partial charge on any atom is -0.508 e. The van der Waals surface area contributed by atoms with Crippen LogP contribution in [0.1, 0.15) is 11.1 Å². The standard InChI is InChI=1S/C9H12FNO2/c1-6-3-9(12)7(4-8(6)10)5-11-13-2/h3-4,11-12H,5H2,1-2H3. The van der Waals surface area contributed by atoms with Gasteiger partial charge in [0.15, 0.2) is 0 Å². The summed E-state index contributed by atoms with van der Waals surface area (Å²) < 4.78 is 13.0. The normalized spacial score (nSPS) is 10.4. The van der Waals surface area contributed by atoms with Gasteiger partial charge in [-0.05, 0) is 24.6 Å². The minimum absolute atomic E-state index is 0.0726. The Bertz CT molecular complexity index is 302. The molecule has 3 nitrogen and oxygen atoms in total. The second-order valence-corrected chi connectivity index (χ2v) is 2.76. The van der Waals surface area contributed by atoms with E-state index in [1.807, 2.05) is 0 Å². The number of benzene rings is 1. The van der Waals surface area contributed by atoms with Gasteiger partial charge in [0.25, 0.3) is 0 Å². The van der Waals surface area contributed by atoms with E-state index in [0.717, 1.165) is 0 Å². The van der Waals surface area contributed by atoms with Gasteiger partial charge < -0.3 is 9.94 Å². The maximum atomic E-state index is 13.0. The van der Waals surface area contributed by atoms with Crippen LogP contribution >= 0.6 is 0 Å². The van der Waals surface area contributed by atoms with Crippen molar-refractivity contribution in [3.05, 3.63) is 29.1 Å². The molecule has 0 heterocycles. The summed E-state index contributed by atoms with van der Waals surface area (Å²) in [5.41, 5.74) is 3.43. The van der Waals surface area contributed by atoms with Crippen LogP contribution in [0, 0.1) is 12.7 Å². The lowest BCUT2D eigenvalue weighted by Crippen LogP contribution is -2.11. The van der Waals surface area contributed by atoms with Gasteiger partial charge in [-0.3, -0.25) is 0 Å². The molecule has 0 aliphatic heterocycles. The number of aromatic hydroxyl groups is 1. The molecule has 4 heteroatoms. The average Bonchev–Trinajstić information content (AvgIpc) is 2.09. The number of hydrogen-bond acceptors (Lipinski definition) is 3. The highest BCUT2D eigenvalue weighted by atomic mass is 19.1. The average molecular weight is 185 g/mol. The van der Waals surface area contributed by atoms with E-state index >= 15 is 0 Å². The molecule has 0 saturated carbocycles. The third-order valence-electron chi connectivity index (χ3n) is 1.77. The summed E-state index contributed by atoms with van der Waals surface area (Å²) in [6.45, 7) is 1.88. The van der Waals surface area contributed by atoms with Gasteiger partial charge in [-0.25, -0.2) is 4.39 Å². The summed E-state index contributed by atoms with van der Waals surface area (Å²) >= 11 is 0. The maximum Gasteiger partial charge on any atom is 0.126 e. The molecule has 0 aromatic heterocycles. The van der Waals surface area contributed by atoms with Crippen LogP contribution in [-0.2, 0) is 11.4 Å². The highest BCUT2D eigenvalue weighted by molar-refractivity contribution is 5.36. The second-order valence-electron chi connectivity index (χ2n) is 2.76. The number of rotatable bonds is 3. The fraction of sp³-hybridized carbons (Fsp3) is 0.333. The molecule has 0 spiro atoms. The van der Waals surface area contributed by atoms with Gasteiger partial charge in [0.1, 0.15) is 11.6 Å². The van der Waals surface area contributed by atoms with Crippen LogP contribution in [0.15, 0.2) is 12.1 Å². The van der Waals surface area contributed by atoms with Gasteiger partial charge in [-0.2, -0.15) is 5.48 Å². The minimum atomic E-state index is -0.328. The van der Waals surface area contributed by atoms with E-state index in [2.05, 4.69) is 10.3 Å². The lowest BCUT2D eigenvalue weighted by atomic mass is 10.1. The van der Waals surface area contributed by atoms with E-state index in [1.54, 1.807) is 6.92 Å². The Morgan fingerprint density at radius 1 is 1.54 bits per heavy atom. The Morgan fingerprint density at radius 2 is 2.23 bits per heavy atom. The summed E-state index contributed by atoms with van der Waals surface area (Å²) in [4.78, 5) is 4.59. The number of phenolic OH excluding ortho intramolecular Hbond substituents is 1. The van der Waals surface area contributed by atoms with Crippen LogP contribution < -0.4 is 5.48 Å². The highest BCUT2D eigenvalue weighted by Crippen LogP contribution is 2.20. The molecular formula is C9H12FNO2. The molecule has 0 unspecified atom stereocenters. The quantitative estimate of drug-likeness (QED) is 0.701. The first kappa shape index (κ1) is 9.95. The zero-order chi connectivity index (χ0) is 9.84. The fourth-order valence-electron chi connectivity index (χ4n) is 0.999. The largest absolute Gasteiger partial charge is 0.508 e. The van der Waals surface area contributed by atoms with Crippen molar-refractivity contribution >= 4 is 0 Å². The van der Waals surface area contributed by atoms with E-state index < -0.39 is 0 Å². The van der Waals surface area contributed by atoms with Gasteiger partial charge in [-0.15, -0.1) is 0 Å². The molecule has 0 aliphatic rings. The van der Waals surface area contributed by atoms with E-state index in [9.17, 15) is 9.50 Å². The van der Waals surface area contributed by atoms with E-state index in [4.69, 9.17) is 0 Å². The van der Waals surface area contributed by atoms with Crippen LogP contribution in [0.25, 0.3) is 0 Å². The van der Waals surface area contributed by atoms with E-state index in [0.29, 0.717) is 11.1 Å². The highest BCUT2D eigenvalue weighted by Gasteiger charge is 2.05. The Morgan fingerprint density at radius 3 is 2.85 bits per heavy atom. The third-order valence-corrected chi connectivity index (χ3v) is 1.77. The van der Waals surface area contributed by atoms with Crippen LogP contribution in [-0.4, -0.2) is 12.2 Å². The smallest absolute Gasteiger partial charge is 0.126 e. The molecular weight excluding hydrogens is 173 g/mol.